The van der Waals surface area contributed by atoms with Crippen LogP contribution in [0.1, 0.15) is 12.6 Å². The third-order valence-electron chi connectivity index (χ3n) is 3.11. The van der Waals surface area contributed by atoms with Gasteiger partial charge in [0.05, 0.1) is 18.5 Å². The van der Waals surface area contributed by atoms with Crippen LogP contribution in [0.15, 0.2) is 52.8 Å². The second-order valence-electron chi connectivity index (χ2n) is 4.53. The summed E-state index contributed by atoms with van der Waals surface area (Å²) in [7, 11) is 0. The molecule has 0 saturated carbocycles. The normalized spacial score (nSPS) is 10.6. The minimum atomic E-state index is 0.126. The van der Waals surface area contributed by atoms with Gasteiger partial charge in [0.25, 0.3) is 0 Å². The first-order chi connectivity index (χ1) is 10.8. The molecule has 0 aliphatic heterocycles. The van der Waals surface area contributed by atoms with E-state index in [0.717, 1.165) is 17.9 Å². The molecular weight excluding hydrogens is 278 g/mol. The highest BCUT2D eigenvalue weighted by molar-refractivity contribution is 5.52. The Kier molecular flexibility index (Phi) is 5.57. The summed E-state index contributed by atoms with van der Waals surface area (Å²) >= 11 is 0. The van der Waals surface area contributed by atoms with E-state index in [4.69, 9.17) is 10.4 Å². The maximum atomic E-state index is 9.03. The van der Waals surface area contributed by atoms with Crippen LogP contribution >= 0.6 is 0 Å². The number of nitrogens with zero attached hydrogens (tertiary/aromatic N) is 5. The van der Waals surface area contributed by atoms with E-state index >= 15 is 0 Å². The smallest absolute Gasteiger partial charge is 0.140 e. The molecule has 0 fully saturated rings. The highest BCUT2D eigenvalue weighted by Crippen LogP contribution is 2.21. The van der Waals surface area contributed by atoms with E-state index in [1.165, 1.54) is 6.20 Å². The van der Waals surface area contributed by atoms with Gasteiger partial charge in [0.1, 0.15) is 17.5 Å². The summed E-state index contributed by atoms with van der Waals surface area (Å²) in [5, 5.41) is 25.9. The van der Waals surface area contributed by atoms with Crippen molar-refractivity contribution >= 4 is 17.1 Å². The van der Waals surface area contributed by atoms with Crippen molar-refractivity contribution in [1.29, 1.82) is 5.26 Å². The second kappa shape index (κ2) is 7.86. The van der Waals surface area contributed by atoms with Crippen LogP contribution in [0.2, 0.25) is 0 Å². The van der Waals surface area contributed by atoms with Gasteiger partial charge in [-0.3, -0.25) is 0 Å². The Morgan fingerprint density at radius 1 is 1.14 bits per heavy atom. The van der Waals surface area contributed by atoms with Gasteiger partial charge in [-0.05, 0) is 43.3 Å². The number of hydrogen-bond donors (Lipinski definition) is 1. The van der Waals surface area contributed by atoms with Gasteiger partial charge in [0.15, 0.2) is 0 Å². The largest absolute Gasteiger partial charge is 0.395 e. The molecule has 1 aromatic carbocycles. The van der Waals surface area contributed by atoms with Gasteiger partial charge in [-0.2, -0.15) is 10.4 Å². The third kappa shape index (κ3) is 4.11. The summed E-state index contributed by atoms with van der Waals surface area (Å²) in [6, 6.07) is 12.9. The minimum Gasteiger partial charge on any atom is -0.395 e. The van der Waals surface area contributed by atoms with Crippen molar-refractivity contribution in [2.75, 3.05) is 24.6 Å². The van der Waals surface area contributed by atoms with Crippen LogP contribution in [-0.2, 0) is 0 Å². The molecule has 6 nitrogen and oxygen atoms in total. The first kappa shape index (κ1) is 15.6. The van der Waals surface area contributed by atoms with Crippen molar-refractivity contribution < 1.29 is 5.11 Å². The van der Waals surface area contributed by atoms with E-state index < -0.39 is 0 Å². The van der Waals surface area contributed by atoms with Gasteiger partial charge in [0, 0.05) is 18.8 Å². The number of azo groups is 1. The van der Waals surface area contributed by atoms with E-state index in [0.29, 0.717) is 17.9 Å². The second-order valence-corrected chi connectivity index (χ2v) is 4.53. The van der Waals surface area contributed by atoms with Gasteiger partial charge >= 0.3 is 0 Å². The van der Waals surface area contributed by atoms with Gasteiger partial charge in [-0.1, -0.05) is 0 Å². The lowest BCUT2D eigenvalue weighted by Gasteiger charge is -2.21. The molecule has 112 valence electrons. The van der Waals surface area contributed by atoms with E-state index in [-0.39, 0.29) is 6.61 Å². The molecule has 0 amide bonds. The van der Waals surface area contributed by atoms with E-state index in [2.05, 4.69) is 20.1 Å². The number of anilines is 1. The van der Waals surface area contributed by atoms with Crippen LogP contribution in [0.3, 0.4) is 0 Å². The van der Waals surface area contributed by atoms with Crippen LogP contribution in [0.5, 0.6) is 0 Å². The Morgan fingerprint density at radius 2 is 1.82 bits per heavy atom. The molecule has 2 aromatic rings. The Bertz CT molecular complexity index is 658. The lowest BCUT2D eigenvalue weighted by molar-refractivity contribution is 0.302. The van der Waals surface area contributed by atoms with Crippen LogP contribution in [0.4, 0.5) is 17.1 Å². The molecule has 1 aromatic heterocycles. The van der Waals surface area contributed by atoms with E-state index in [9.17, 15) is 0 Å². The quantitative estimate of drug-likeness (QED) is 0.829. The van der Waals surface area contributed by atoms with Crippen molar-refractivity contribution in [3.63, 3.8) is 0 Å². The molecule has 0 unspecified atom stereocenters. The van der Waals surface area contributed by atoms with Crippen molar-refractivity contribution in [2.45, 2.75) is 6.92 Å². The number of aliphatic hydroxyl groups excluding tert-OH is 1. The SMILES string of the molecule is CCN(CCO)c1ccc(N=Nc2ccc(C#N)nc2)cc1. The number of aliphatic hydroxyl groups is 1. The van der Waals surface area contributed by atoms with Crippen molar-refractivity contribution in [1.82, 2.24) is 4.98 Å². The average molecular weight is 295 g/mol. The number of pyridine rings is 1. The maximum absolute atomic E-state index is 9.03. The standard InChI is InChI=1S/C16H17N5O/c1-2-21(9-10-22)16-7-5-13(6-8-16)19-20-15-4-3-14(11-17)18-12-15/h3-8,12,22H,2,9-10H2,1H3. The van der Waals surface area contributed by atoms with E-state index in [1.807, 2.05) is 37.3 Å². The zero-order chi connectivity index (χ0) is 15.8. The number of nitriles is 1. The summed E-state index contributed by atoms with van der Waals surface area (Å²) in [5.74, 6) is 0. The fourth-order valence-electron chi connectivity index (χ4n) is 1.95. The first-order valence-corrected chi connectivity index (χ1v) is 7.00. The van der Waals surface area contributed by atoms with Crippen molar-refractivity contribution in [3.8, 4) is 6.07 Å². The minimum absolute atomic E-state index is 0.126. The topological polar surface area (TPSA) is 84.9 Å². The third-order valence-corrected chi connectivity index (χ3v) is 3.11. The average Bonchev–Trinajstić information content (AvgIpc) is 2.59. The van der Waals surface area contributed by atoms with Gasteiger partial charge in [-0.25, -0.2) is 4.98 Å². The number of likely N-dealkylation sites (N-methyl/N-ethyl adjacent to an activating group) is 1. The summed E-state index contributed by atoms with van der Waals surface area (Å²) in [6.45, 7) is 3.61. The number of benzene rings is 1. The van der Waals surface area contributed by atoms with Crippen molar-refractivity contribution in [2.24, 2.45) is 10.2 Å². The number of rotatable bonds is 6. The summed E-state index contributed by atoms with van der Waals surface area (Å²) < 4.78 is 0. The fraction of sp³-hybridized carbons (Fsp3) is 0.250. The van der Waals surface area contributed by atoms with Gasteiger partial charge in [0.2, 0.25) is 0 Å². The number of aromatic nitrogens is 1. The van der Waals surface area contributed by atoms with Crippen molar-refractivity contribution in [3.05, 3.63) is 48.3 Å². The zero-order valence-corrected chi connectivity index (χ0v) is 12.3. The molecule has 0 atom stereocenters. The Labute approximate surface area is 129 Å². The molecule has 6 heteroatoms. The molecule has 0 bridgehead atoms. The van der Waals surface area contributed by atoms with Crippen LogP contribution < -0.4 is 4.90 Å². The Morgan fingerprint density at radius 3 is 2.36 bits per heavy atom. The molecule has 1 N–H and O–H groups in total. The van der Waals surface area contributed by atoms with Crippen LogP contribution in [0, 0.1) is 11.3 Å². The van der Waals surface area contributed by atoms with Crippen LogP contribution in [-0.4, -0.2) is 29.8 Å². The predicted octanol–water partition coefficient (Wildman–Crippen LogP) is 3.19. The maximum Gasteiger partial charge on any atom is 0.140 e. The van der Waals surface area contributed by atoms with Gasteiger partial charge < -0.3 is 10.0 Å². The Hall–Kier alpha value is -2.78. The molecule has 1 heterocycles. The fourth-order valence-corrected chi connectivity index (χ4v) is 1.95. The lowest BCUT2D eigenvalue weighted by Crippen LogP contribution is -2.25. The molecule has 0 aliphatic rings. The van der Waals surface area contributed by atoms with E-state index in [1.54, 1.807) is 12.1 Å². The molecule has 0 spiro atoms. The lowest BCUT2D eigenvalue weighted by atomic mass is 10.2. The summed E-state index contributed by atoms with van der Waals surface area (Å²) in [5.41, 5.74) is 2.72. The first-order valence-electron chi connectivity index (χ1n) is 7.00. The van der Waals surface area contributed by atoms with Gasteiger partial charge in [-0.15, -0.1) is 5.11 Å². The summed E-state index contributed by atoms with van der Waals surface area (Å²) in [6.07, 6.45) is 1.51. The Balaban J connectivity index is 2.06. The number of hydrogen-bond acceptors (Lipinski definition) is 6. The molecule has 0 radical (unpaired) electrons. The molecule has 2 rings (SSSR count). The summed E-state index contributed by atoms with van der Waals surface area (Å²) in [4.78, 5) is 6.01. The highest BCUT2D eigenvalue weighted by Gasteiger charge is 2.02. The molecule has 22 heavy (non-hydrogen) atoms. The zero-order valence-electron chi connectivity index (χ0n) is 12.3. The monoisotopic (exact) mass is 295 g/mol. The molecule has 0 aliphatic carbocycles. The predicted molar refractivity (Wildman–Crippen MR) is 84.5 cm³/mol. The molecule has 0 saturated heterocycles. The van der Waals surface area contributed by atoms with Crippen LogP contribution in [0.25, 0.3) is 0 Å². The highest BCUT2D eigenvalue weighted by atomic mass is 16.3. The molecular formula is C16H17N5O.